The predicted molar refractivity (Wildman–Crippen MR) is 86.1 cm³/mol. The Bertz CT molecular complexity index is 744. The quantitative estimate of drug-likeness (QED) is 0.716. The van der Waals surface area contributed by atoms with Crippen LogP contribution in [0.5, 0.6) is 0 Å². The molecule has 2 aromatic heterocycles. The zero-order valence-electron chi connectivity index (χ0n) is 10.7. The second-order valence-electron chi connectivity index (χ2n) is 4.21. The largest absolute Gasteiger partial charge is 0.378 e. The number of tetrazole rings is 1. The van der Waals surface area contributed by atoms with Crippen LogP contribution in [0, 0.1) is 0 Å². The summed E-state index contributed by atoms with van der Waals surface area (Å²) < 4.78 is 3.50. The summed E-state index contributed by atoms with van der Waals surface area (Å²) in [5.74, 6) is 0. The third-order valence-corrected chi connectivity index (χ3v) is 3.95. The van der Waals surface area contributed by atoms with Gasteiger partial charge in [0.1, 0.15) is 6.33 Å². The van der Waals surface area contributed by atoms with E-state index < -0.39 is 0 Å². The number of rotatable bonds is 4. The van der Waals surface area contributed by atoms with Crippen LogP contribution in [0.15, 0.2) is 51.8 Å². The Morgan fingerprint density at radius 1 is 1.19 bits per heavy atom. The van der Waals surface area contributed by atoms with Crippen molar-refractivity contribution in [1.82, 2.24) is 25.2 Å². The van der Waals surface area contributed by atoms with E-state index in [9.17, 15) is 0 Å². The number of hydrogen-bond acceptors (Lipinski definition) is 5. The fourth-order valence-corrected chi connectivity index (χ4v) is 2.97. The molecule has 106 valence electrons. The van der Waals surface area contributed by atoms with Gasteiger partial charge in [0.15, 0.2) is 0 Å². The highest BCUT2D eigenvalue weighted by Gasteiger charge is 2.07. The smallest absolute Gasteiger partial charge is 0.143 e. The average Bonchev–Trinajstić information content (AvgIpc) is 3.01. The lowest BCUT2D eigenvalue weighted by molar-refractivity contribution is 0.789. The van der Waals surface area contributed by atoms with Crippen LogP contribution in [0.4, 0.5) is 5.69 Å². The van der Waals surface area contributed by atoms with Crippen molar-refractivity contribution in [2.45, 2.75) is 6.54 Å². The molecule has 6 nitrogen and oxygen atoms in total. The fourth-order valence-electron chi connectivity index (χ4n) is 1.85. The molecule has 3 rings (SSSR count). The number of nitrogens with one attached hydrogen (secondary N) is 1. The van der Waals surface area contributed by atoms with Gasteiger partial charge in [0.2, 0.25) is 0 Å². The second-order valence-corrected chi connectivity index (χ2v) is 5.98. The van der Waals surface area contributed by atoms with Gasteiger partial charge < -0.3 is 5.32 Å². The van der Waals surface area contributed by atoms with E-state index in [0.717, 1.165) is 26.0 Å². The first-order valence-electron chi connectivity index (χ1n) is 6.10. The molecule has 0 amide bonds. The molecule has 0 spiro atoms. The van der Waals surface area contributed by atoms with Gasteiger partial charge in [-0.3, -0.25) is 4.98 Å². The van der Waals surface area contributed by atoms with Crippen LogP contribution in [-0.2, 0) is 6.54 Å². The molecule has 0 saturated heterocycles. The van der Waals surface area contributed by atoms with Crippen molar-refractivity contribution < 1.29 is 0 Å². The summed E-state index contributed by atoms with van der Waals surface area (Å²) in [7, 11) is 0. The SMILES string of the molecule is Brc1cnc(CNc2ccccc2-n2cnnn2)c(Br)c1. The van der Waals surface area contributed by atoms with Gasteiger partial charge in [0, 0.05) is 15.1 Å². The Labute approximate surface area is 137 Å². The van der Waals surface area contributed by atoms with E-state index in [0.29, 0.717) is 6.54 Å². The lowest BCUT2D eigenvalue weighted by Crippen LogP contribution is -2.06. The molecule has 8 heteroatoms. The lowest BCUT2D eigenvalue weighted by atomic mass is 10.2. The number of benzene rings is 1. The number of para-hydroxylation sites is 2. The number of pyridine rings is 1. The Morgan fingerprint density at radius 2 is 2.05 bits per heavy atom. The fraction of sp³-hybridized carbons (Fsp3) is 0.0769. The summed E-state index contributed by atoms with van der Waals surface area (Å²) in [6.07, 6.45) is 3.34. The molecule has 0 bridgehead atoms. The van der Waals surface area contributed by atoms with Gasteiger partial charge in [0.25, 0.3) is 0 Å². The maximum absolute atomic E-state index is 4.38. The number of aromatic nitrogens is 5. The summed E-state index contributed by atoms with van der Waals surface area (Å²) in [5, 5.41) is 14.6. The predicted octanol–water partition coefficient (Wildman–Crippen LogP) is 3.19. The summed E-state index contributed by atoms with van der Waals surface area (Å²) >= 11 is 6.90. The van der Waals surface area contributed by atoms with Crippen molar-refractivity contribution in [1.29, 1.82) is 0 Å². The second kappa shape index (κ2) is 6.31. The lowest BCUT2D eigenvalue weighted by Gasteiger charge is -2.11. The van der Waals surface area contributed by atoms with E-state index >= 15 is 0 Å². The number of hydrogen-bond donors (Lipinski definition) is 1. The molecule has 0 radical (unpaired) electrons. The van der Waals surface area contributed by atoms with Crippen molar-refractivity contribution >= 4 is 37.5 Å². The number of halogens is 2. The first-order valence-corrected chi connectivity index (χ1v) is 7.69. The molecule has 0 aliphatic heterocycles. The average molecular weight is 410 g/mol. The highest BCUT2D eigenvalue weighted by molar-refractivity contribution is 9.11. The van der Waals surface area contributed by atoms with E-state index in [1.807, 2.05) is 30.3 Å². The normalized spacial score (nSPS) is 10.6. The summed E-state index contributed by atoms with van der Waals surface area (Å²) in [4.78, 5) is 4.38. The highest BCUT2D eigenvalue weighted by Crippen LogP contribution is 2.22. The minimum Gasteiger partial charge on any atom is -0.378 e. The maximum Gasteiger partial charge on any atom is 0.143 e. The van der Waals surface area contributed by atoms with Gasteiger partial charge in [-0.1, -0.05) is 12.1 Å². The third-order valence-electron chi connectivity index (χ3n) is 2.83. The van der Waals surface area contributed by atoms with Gasteiger partial charge in [-0.2, -0.15) is 4.68 Å². The third kappa shape index (κ3) is 3.27. The molecular formula is C13H10Br2N6. The maximum atomic E-state index is 4.38. The molecule has 21 heavy (non-hydrogen) atoms. The Hall–Kier alpha value is -1.80. The van der Waals surface area contributed by atoms with Crippen LogP contribution in [0.1, 0.15) is 5.69 Å². The van der Waals surface area contributed by atoms with Crippen LogP contribution < -0.4 is 5.32 Å². The number of anilines is 1. The molecule has 1 aromatic carbocycles. The molecule has 0 fully saturated rings. The molecule has 2 heterocycles. The molecule has 0 unspecified atom stereocenters. The molecular weight excluding hydrogens is 400 g/mol. The van der Waals surface area contributed by atoms with Gasteiger partial charge in [0.05, 0.1) is 23.6 Å². The monoisotopic (exact) mass is 408 g/mol. The van der Waals surface area contributed by atoms with Crippen molar-refractivity contribution in [3.63, 3.8) is 0 Å². The van der Waals surface area contributed by atoms with Crippen LogP contribution in [0.25, 0.3) is 5.69 Å². The van der Waals surface area contributed by atoms with E-state index in [-0.39, 0.29) is 0 Å². The first kappa shape index (κ1) is 14.2. The van der Waals surface area contributed by atoms with Crippen LogP contribution in [-0.4, -0.2) is 25.2 Å². The number of nitrogens with zero attached hydrogens (tertiary/aromatic N) is 5. The topological polar surface area (TPSA) is 68.5 Å². The van der Waals surface area contributed by atoms with Crippen LogP contribution in [0.2, 0.25) is 0 Å². The van der Waals surface area contributed by atoms with Crippen LogP contribution in [0.3, 0.4) is 0 Å². The molecule has 0 aliphatic carbocycles. The van der Waals surface area contributed by atoms with Gasteiger partial charge in [-0.05, 0) is 60.5 Å². The molecule has 1 N–H and O–H groups in total. The summed E-state index contributed by atoms with van der Waals surface area (Å²) in [5.41, 5.74) is 2.74. The zero-order chi connectivity index (χ0) is 14.7. The Morgan fingerprint density at radius 3 is 2.81 bits per heavy atom. The Balaban J connectivity index is 1.83. The van der Waals surface area contributed by atoms with E-state index in [2.05, 4.69) is 57.7 Å². The first-order chi connectivity index (χ1) is 10.2. The standard InChI is InChI=1S/C13H10Br2N6/c14-9-5-10(15)12(16-6-9)7-17-11-3-1-2-4-13(11)21-8-18-19-20-21/h1-6,8,17H,7H2. The van der Waals surface area contributed by atoms with Gasteiger partial charge in [-0.25, -0.2) is 0 Å². The van der Waals surface area contributed by atoms with E-state index in [1.54, 1.807) is 17.2 Å². The van der Waals surface area contributed by atoms with E-state index in [4.69, 9.17) is 0 Å². The molecule has 0 aliphatic rings. The summed E-state index contributed by atoms with van der Waals surface area (Å²) in [6, 6.07) is 9.79. The summed E-state index contributed by atoms with van der Waals surface area (Å²) in [6.45, 7) is 0.590. The van der Waals surface area contributed by atoms with Gasteiger partial charge >= 0.3 is 0 Å². The Kier molecular flexibility index (Phi) is 4.26. The van der Waals surface area contributed by atoms with Crippen molar-refractivity contribution in [3.8, 4) is 5.69 Å². The minimum atomic E-state index is 0.590. The van der Waals surface area contributed by atoms with Gasteiger partial charge in [-0.15, -0.1) is 5.10 Å². The minimum absolute atomic E-state index is 0.590. The zero-order valence-corrected chi connectivity index (χ0v) is 13.9. The van der Waals surface area contributed by atoms with Crippen LogP contribution >= 0.6 is 31.9 Å². The van der Waals surface area contributed by atoms with Crippen molar-refractivity contribution in [2.24, 2.45) is 0 Å². The van der Waals surface area contributed by atoms with Crippen molar-refractivity contribution in [3.05, 3.63) is 57.5 Å². The van der Waals surface area contributed by atoms with E-state index in [1.165, 1.54) is 0 Å². The highest BCUT2D eigenvalue weighted by atomic mass is 79.9. The molecule has 0 saturated carbocycles. The molecule has 0 atom stereocenters. The molecule has 3 aromatic rings. The van der Waals surface area contributed by atoms with Crippen molar-refractivity contribution in [2.75, 3.05) is 5.32 Å².